The second-order valence-electron chi connectivity index (χ2n) is 2.94. The van der Waals surface area contributed by atoms with E-state index in [1.165, 1.54) is 11.3 Å². The Bertz CT molecular complexity index is 521. The van der Waals surface area contributed by atoms with Crippen LogP contribution in [0.25, 0.3) is 10.2 Å². The van der Waals surface area contributed by atoms with Gasteiger partial charge in [0, 0.05) is 15.5 Å². The van der Waals surface area contributed by atoms with E-state index in [9.17, 15) is 4.79 Å². The largest absolute Gasteiger partial charge is 0.366 e. The topological polar surface area (TPSA) is 56.0 Å². The summed E-state index contributed by atoms with van der Waals surface area (Å²) in [5.41, 5.74) is 7.29. The highest BCUT2D eigenvalue weighted by Gasteiger charge is 2.12. The first-order chi connectivity index (χ1) is 6.59. The highest BCUT2D eigenvalue weighted by molar-refractivity contribution is 9.10. The van der Waals surface area contributed by atoms with Crippen LogP contribution in [0, 0.1) is 6.92 Å². The zero-order valence-corrected chi connectivity index (χ0v) is 9.78. The van der Waals surface area contributed by atoms with Crippen molar-refractivity contribution in [1.82, 2.24) is 4.98 Å². The van der Waals surface area contributed by atoms with Crippen LogP contribution in [-0.4, -0.2) is 10.9 Å². The third-order valence-corrected chi connectivity index (χ3v) is 3.76. The molecule has 3 nitrogen and oxygen atoms in total. The van der Waals surface area contributed by atoms with Gasteiger partial charge in [0.05, 0.1) is 15.8 Å². The molecule has 0 bridgehead atoms. The van der Waals surface area contributed by atoms with Crippen molar-refractivity contribution >= 4 is 43.4 Å². The Morgan fingerprint density at radius 1 is 1.64 bits per heavy atom. The van der Waals surface area contributed by atoms with Gasteiger partial charge in [-0.3, -0.25) is 9.78 Å². The van der Waals surface area contributed by atoms with Crippen molar-refractivity contribution < 1.29 is 4.79 Å². The van der Waals surface area contributed by atoms with Gasteiger partial charge in [0.1, 0.15) is 0 Å². The lowest BCUT2D eigenvalue weighted by atomic mass is 10.2. The SMILES string of the molecule is Cc1cc(Br)c2scc(C(N)=O)c2n1. The molecule has 2 aromatic rings. The number of hydrogen-bond donors (Lipinski definition) is 1. The maximum Gasteiger partial charge on any atom is 0.251 e. The highest BCUT2D eigenvalue weighted by atomic mass is 79.9. The molecule has 14 heavy (non-hydrogen) atoms. The summed E-state index contributed by atoms with van der Waals surface area (Å²) in [6, 6.07) is 1.92. The van der Waals surface area contributed by atoms with Gasteiger partial charge in [0.25, 0.3) is 5.91 Å². The second kappa shape index (κ2) is 3.33. The van der Waals surface area contributed by atoms with Crippen molar-refractivity contribution in [3.8, 4) is 0 Å². The number of aromatic nitrogens is 1. The molecular weight excluding hydrogens is 264 g/mol. The Kier molecular flexibility index (Phi) is 2.28. The number of hydrogen-bond acceptors (Lipinski definition) is 3. The number of halogens is 1. The van der Waals surface area contributed by atoms with E-state index in [1.807, 2.05) is 13.0 Å². The summed E-state index contributed by atoms with van der Waals surface area (Å²) < 4.78 is 1.92. The third kappa shape index (κ3) is 1.42. The molecule has 2 aromatic heterocycles. The maximum atomic E-state index is 11.1. The summed E-state index contributed by atoms with van der Waals surface area (Å²) in [4.78, 5) is 15.4. The van der Waals surface area contributed by atoms with Crippen LogP contribution >= 0.6 is 27.3 Å². The number of amides is 1. The van der Waals surface area contributed by atoms with Gasteiger partial charge < -0.3 is 5.73 Å². The van der Waals surface area contributed by atoms with E-state index in [0.717, 1.165) is 14.9 Å². The van der Waals surface area contributed by atoms with Gasteiger partial charge in [0.15, 0.2) is 0 Å². The Labute approximate surface area is 93.1 Å². The molecule has 1 amide bonds. The first-order valence-electron chi connectivity index (χ1n) is 3.93. The molecule has 0 aliphatic carbocycles. The van der Waals surface area contributed by atoms with Crippen molar-refractivity contribution in [2.75, 3.05) is 0 Å². The smallest absolute Gasteiger partial charge is 0.251 e. The minimum absolute atomic E-state index is 0.429. The van der Waals surface area contributed by atoms with Crippen LogP contribution < -0.4 is 5.73 Å². The molecule has 2 N–H and O–H groups in total. The molecule has 2 rings (SSSR count). The lowest BCUT2D eigenvalue weighted by Crippen LogP contribution is -2.10. The van der Waals surface area contributed by atoms with E-state index in [-0.39, 0.29) is 0 Å². The molecule has 72 valence electrons. The molecule has 0 aliphatic rings. The van der Waals surface area contributed by atoms with Crippen molar-refractivity contribution in [2.24, 2.45) is 5.73 Å². The fourth-order valence-corrected chi connectivity index (χ4v) is 2.97. The molecule has 0 aliphatic heterocycles. The number of pyridine rings is 1. The summed E-state index contributed by atoms with van der Waals surface area (Å²) in [5, 5.41) is 1.74. The molecule has 5 heteroatoms. The van der Waals surface area contributed by atoms with Crippen LogP contribution in [-0.2, 0) is 0 Å². The van der Waals surface area contributed by atoms with Crippen LogP contribution in [0.4, 0.5) is 0 Å². The van der Waals surface area contributed by atoms with Crippen LogP contribution in [0.5, 0.6) is 0 Å². The number of carbonyl (C=O) groups is 1. The predicted octanol–water partition coefficient (Wildman–Crippen LogP) is 2.47. The van der Waals surface area contributed by atoms with Gasteiger partial charge >= 0.3 is 0 Å². The number of nitrogens with two attached hydrogens (primary N) is 1. The molecule has 0 radical (unpaired) electrons. The lowest BCUT2D eigenvalue weighted by Gasteiger charge is -1.97. The Morgan fingerprint density at radius 2 is 2.36 bits per heavy atom. The second-order valence-corrected chi connectivity index (χ2v) is 4.67. The quantitative estimate of drug-likeness (QED) is 0.866. The van der Waals surface area contributed by atoms with Crippen LogP contribution in [0.2, 0.25) is 0 Å². The number of aryl methyl sites for hydroxylation is 1. The summed E-state index contributed by atoms with van der Waals surface area (Å²) in [6.45, 7) is 1.88. The van der Waals surface area contributed by atoms with Gasteiger partial charge in [0.2, 0.25) is 0 Å². The summed E-state index contributed by atoms with van der Waals surface area (Å²) in [7, 11) is 0. The molecule has 0 fully saturated rings. The number of nitrogens with zero attached hydrogens (tertiary/aromatic N) is 1. The minimum atomic E-state index is -0.429. The third-order valence-electron chi connectivity index (χ3n) is 1.87. The number of primary amides is 1. The van der Waals surface area contributed by atoms with Gasteiger partial charge in [-0.2, -0.15) is 0 Å². The Balaban J connectivity index is 2.85. The van der Waals surface area contributed by atoms with E-state index < -0.39 is 5.91 Å². The van der Waals surface area contributed by atoms with E-state index in [1.54, 1.807) is 5.38 Å². The fraction of sp³-hybridized carbons (Fsp3) is 0.111. The Morgan fingerprint density at radius 3 is 3.00 bits per heavy atom. The van der Waals surface area contributed by atoms with Gasteiger partial charge in [-0.1, -0.05) is 0 Å². The minimum Gasteiger partial charge on any atom is -0.366 e. The van der Waals surface area contributed by atoms with Crippen LogP contribution in [0.1, 0.15) is 16.1 Å². The van der Waals surface area contributed by atoms with Crippen molar-refractivity contribution in [3.05, 3.63) is 27.2 Å². The van der Waals surface area contributed by atoms with Crippen molar-refractivity contribution in [3.63, 3.8) is 0 Å². The summed E-state index contributed by atoms with van der Waals surface area (Å²) in [5.74, 6) is -0.429. The molecule has 0 atom stereocenters. The van der Waals surface area contributed by atoms with Crippen molar-refractivity contribution in [2.45, 2.75) is 6.92 Å². The van der Waals surface area contributed by atoms with Gasteiger partial charge in [-0.25, -0.2) is 0 Å². The fourth-order valence-electron chi connectivity index (χ4n) is 1.26. The molecule has 0 spiro atoms. The van der Waals surface area contributed by atoms with Crippen LogP contribution in [0.3, 0.4) is 0 Å². The predicted molar refractivity (Wildman–Crippen MR) is 60.6 cm³/mol. The highest BCUT2D eigenvalue weighted by Crippen LogP contribution is 2.31. The Hall–Kier alpha value is -0.940. The molecule has 0 saturated carbocycles. The number of rotatable bonds is 1. The maximum absolute atomic E-state index is 11.1. The summed E-state index contributed by atoms with van der Waals surface area (Å²) in [6.07, 6.45) is 0. The zero-order valence-electron chi connectivity index (χ0n) is 7.37. The monoisotopic (exact) mass is 270 g/mol. The number of fused-ring (bicyclic) bond motifs is 1. The average molecular weight is 271 g/mol. The molecular formula is C9H7BrN2OS. The zero-order chi connectivity index (χ0) is 10.3. The van der Waals surface area contributed by atoms with E-state index in [4.69, 9.17) is 5.73 Å². The van der Waals surface area contributed by atoms with Crippen molar-refractivity contribution in [1.29, 1.82) is 0 Å². The number of thiophene rings is 1. The normalized spacial score (nSPS) is 10.7. The molecule has 0 aromatic carbocycles. The molecule has 2 heterocycles. The number of carbonyl (C=O) groups excluding carboxylic acids is 1. The first kappa shape index (κ1) is 9.61. The van der Waals surface area contributed by atoms with E-state index in [0.29, 0.717) is 11.1 Å². The van der Waals surface area contributed by atoms with E-state index in [2.05, 4.69) is 20.9 Å². The van der Waals surface area contributed by atoms with E-state index >= 15 is 0 Å². The summed E-state index contributed by atoms with van der Waals surface area (Å²) >= 11 is 4.90. The van der Waals surface area contributed by atoms with Crippen LogP contribution in [0.15, 0.2) is 15.9 Å². The molecule has 0 saturated heterocycles. The molecule has 0 unspecified atom stereocenters. The van der Waals surface area contributed by atoms with Gasteiger partial charge in [-0.05, 0) is 28.9 Å². The van der Waals surface area contributed by atoms with Gasteiger partial charge in [-0.15, -0.1) is 11.3 Å². The first-order valence-corrected chi connectivity index (χ1v) is 5.61. The lowest BCUT2D eigenvalue weighted by molar-refractivity contribution is 0.100. The average Bonchev–Trinajstić information content (AvgIpc) is 2.47. The standard InChI is InChI=1S/C9H7BrN2OS/c1-4-2-6(10)8-7(12-4)5(3-14-8)9(11)13/h2-3H,1H3,(H2,11,13).